The molecule has 8 heteroatoms. The molecule has 4 rings (SSSR count). The number of aromatic nitrogens is 1. The number of hydrogen-bond donors (Lipinski definition) is 1. The van der Waals surface area contributed by atoms with Gasteiger partial charge in [0, 0.05) is 43.9 Å². The van der Waals surface area contributed by atoms with Crippen molar-refractivity contribution in [2.45, 2.75) is 46.2 Å². The van der Waals surface area contributed by atoms with E-state index in [1.165, 1.54) is 6.07 Å². The molecule has 4 atom stereocenters. The maximum Gasteiger partial charge on any atom is 0.233 e. The van der Waals surface area contributed by atoms with Crippen molar-refractivity contribution in [2.24, 2.45) is 22.7 Å². The molecule has 3 heterocycles. The van der Waals surface area contributed by atoms with Crippen LogP contribution in [-0.4, -0.2) is 47.3 Å². The molecule has 1 aromatic heterocycles. The molecule has 202 valence electrons. The summed E-state index contributed by atoms with van der Waals surface area (Å²) in [5.74, 6) is -0.681. The highest BCUT2D eigenvalue weighted by atomic mass is 19.1. The molecule has 0 amide bonds. The smallest absolute Gasteiger partial charge is 0.233 e. The average Bonchev–Trinajstić information content (AvgIpc) is 3.34. The van der Waals surface area contributed by atoms with Crippen molar-refractivity contribution in [3.63, 3.8) is 0 Å². The van der Waals surface area contributed by atoms with Crippen LogP contribution in [0.3, 0.4) is 0 Å². The number of carbonyl (C=O) groups is 1. The summed E-state index contributed by atoms with van der Waals surface area (Å²) in [6.07, 6.45) is 8.04. The SMILES string of the molecule is C=NC(=CN(C)Cc1ccc(C=CC)cc1F)c1cn2c(c(O)c1=O)C(=O)CC(C(C)CC)C1COCC12. The second-order valence-electron chi connectivity index (χ2n) is 10.4. The van der Waals surface area contributed by atoms with Crippen LogP contribution in [0.5, 0.6) is 5.75 Å². The van der Waals surface area contributed by atoms with Crippen LogP contribution in [0.15, 0.2) is 46.5 Å². The van der Waals surface area contributed by atoms with E-state index >= 15 is 0 Å². The topological polar surface area (TPSA) is 84.1 Å². The van der Waals surface area contributed by atoms with Crippen LogP contribution < -0.4 is 5.43 Å². The van der Waals surface area contributed by atoms with Gasteiger partial charge in [0.1, 0.15) is 11.5 Å². The van der Waals surface area contributed by atoms with E-state index in [1.54, 1.807) is 35.0 Å². The van der Waals surface area contributed by atoms with Gasteiger partial charge in [-0.15, -0.1) is 0 Å². The number of ketones is 1. The molecular formula is C30H36FN3O4. The highest BCUT2D eigenvalue weighted by Gasteiger charge is 2.43. The molecule has 1 N–H and O–H groups in total. The second-order valence-corrected chi connectivity index (χ2v) is 10.4. The predicted octanol–water partition coefficient (Wildman–Crippen LogP) is 5.29. The number of aromatic hydroxyl groups is 1. The first kappa shape index (κ1) is 27.5. The van der Waals surface area contributed by atoms with Crippen LogP contribution in [-0.2, 0) is 11.3 Å². The first-order chi connectivity index (χ1) is 18.2. The van der Waals surface area contributed by atoms with E-state index in [-0.39, 0.29) is 59.4 Å². The summed E-state index contributed by atoms with van der Waals surface area (Å²) < 4.78 is 22.2. The minimum atomic E-state index is -0.684. The van der Waals surface area contributed by atoms with Crippen LogP contribution in [0.2, 0.25) is 0 Å². The van der Waals surface area contributed by atoms with Crippen molar-refractivity contribution < 1.29 is 19.0 Å². The van der Waals surface area contributed by atoms with Crippen molar-refractivity contribution in [3.05, 3.63) is 75.1 Å². The van der Waals surface area contributed by atoms with E-state index < -0.39 is 11.2 Å². The molecule has 1 fully saturated rings. The zero-order chi connectivity index (χ0) is 27.6. The molecule has 1 saturated heterocycles. The Morgan fingerprint density at radius 1 is 1.37 bits per heavy atom. The number of hydrogen-bond acceptors (Lipinski definition) is 6. The molecule has 2 aromatic rings. The van der Waals surface area contributed by atoms with Crippen LogP contribution in [0.25, 0.3) is 11.8 Å². The van der Waals surface area contributed by atoms with Crippen LogP contribution in [0, 0.1) is 23.6 Å². The van der Waals surface area contributed by atoms with E-state index in [4.69, 9.17) is 4.74 Å². The van der Waals surface area contributed by atoms with E-state index in [2.05, 4.69) is 25.6 Å². The summed E-state index contributed by atoms with van der Waals surface area (Å²) in [6.45, 7) is 10.9. The lowest BCUT2D eigenvalue weighted by molar-refractivity contribution is 0.0900. The summed E-state index contributed by atoms with van der Waals surface area (Å²) in [6, 6.07) is 4.84. The second kappa shape index (κ2) is 11.5. The van der Waals surface area contributed by atoms with Crippen molar-refractivity contribution >= 4 is 24.3 Å². The maximum atomic E-state index is 14.6. The fourth-order valence-corrected chi connectivity index (χ4v) is 5.69. The van der Waals surface area contributed by atoms with Gasteiger partial charge < -0.3 is 19.3 Å². The lowest BCUT2D eigenvalue weighted by atomic mass is 9.76. The van der Waals surface area contributed by atoms with Crippen LogP contribution in [0.1, 0.15) is 66.8 Å². The number of fused-ring (bicyclic) bond motifs is 3. The molecular weight excluding hydrogens is 485 g/mol. The number of pyridine rings is 1. The zero-order valence-electron chi connectivity index (χ0n) is 22.5. The van der Waals surface area contributed by atoms with E-state index in [0.29, 0.717) is 24.7 Å². The van der Waals surface area contributed by atoms with Gasteiger partial charge in [-0.3, -0.25) is 14.6 Å². The van der Waals surface area contributed by atoms with E-state index in [0.717, 1.165) is 12.0 Å². The van der Waals surface area contributed by atoms with Gasteiger partial charge in [0.25, 0.3) is 0 Å². The highest BCUT2D eigenvalue weighted by Crippen LogP contribution is 2.43. The Balaban J connectivity index is 1.72. The first-order valence-corrected chi connectivity index (χ1v) is 13.1. The quantitative estimate of drug-likeness (QED) is 0.477. The van der Waals surface area contributed by atoms with Gasteiger partial charge in [0.15, 0.2) is 11.5 Å². The Hall–Kier alpha value is -3.52. The zero-order valence-corrected chi connectivity index (χ0v) is 22.5. The molecule has 0 aliphatic carbocycles. The molecule has 4 unspecified atom stereocenters. The minimum Gasteiger partial charge on any atom is -0.503 e. The van der Waals surface area contributed by atoms with Crippen molar-refractivity contribution in [1.82, 2.24) is 9.47 Å². The lowest BCUT2D eigenvalue weighted by Gasteiger charge is -2.29. The average molecular weight is 522 g/mol. The fourth-order valence-electron chi connectivity index (χ4n) is 5.69. The highest BCUT2D eigenvalue weighted by molar-refractivity contribution is 5.97. The normalized spacial score (nSPS) is 22.2. The minimum absolute atomic E-state index is 0.0325. The summed E-state index contributed by atoms with van der Waals surface area (Å²) in [7, 11) is 1.74. The number of allylic oxidation sites excluding steroid dienone is 1. The number of halogens is 1. The Labute approximate surface area is 223 Å². The van der Waals surface area contributed by atoms with Gasteiger partial charge in [0.05, 0.1) is 30.5 Å². The molecule has 2 aliphatic heterocycles. The fraction of sp³-hybridized carbons (Fsp3) is 0.433. The van der Waals surface area contributed by atoms with Gasteiger partial charge in [-0.1, -0.05) is 44.6 Å². The third-order valence-corrected chi connectivity index (χ3v) is 7.92. The number of nitrogens with zero attached hydrogens (tertiary/aromatic N) is 3. The number of rotatable bonds is 8. The molecule has 0 saturated carbocycles. The van der Waals surface area contributed by atoms with Gasteiger partial charge >= 0.3 is 0 Å². The molecule has 38 heavy (non-hydrogen) atoms. The number of aliphatic imine (C=N–C) groups is 1. The number of benzene rings is 1. The molecule has 1 aromatic carbocycles. The maximum absolute atomic E-state index is 14.6. The predicted molar refractivity (Wildman–Crippen MR) is 148 cm³/mol. The summed E-state index contributed by atoms with van der Waals surface area (Å²) >= 11 is 0. The van der Waals surface area contributed by atoms with Gasteiger partial charge in [-0.2, -0.15) is 0 Å². The summed E-state index contributed by atoms with van der Waals surface area (Å²) in [5.41, 5.74) is 0.945. The number of Topliss-reactive ketones (excluding diaryl/α,β-unsaturated/α-hetero) is 1. The standard InChI is InChI=1S/C30H36FN3O4/c1-6-8-19-9-10-20(24(31)11-19)13-33(5)15-25(32-4)22-14-34-26-17-38-16-23(26)21(18(3)7-2)12-27(35)28(34)30(37)29(22)36/h6,8-11,14-15,18,21,23,26,37H,4,7,12-13,16-17H2,1-3,5H3. The third-order valence-electron chi connectivity index (χ3n) is 7.92. The largest absolute Gasteiger partial charge is 0.503 e. The monoisotopic (exact) mass is 521 g/mol. The van der Waals surface area contributed by atoms with Gasteiger partial charge in [-0.05, 0) is 37.1 Å². The molecule has 0 radical (unpaired) electrons. The Morgan fingerprint density at radius 3 is 2.79 bits per heavy atom. The number of ether oxygens (including phenoxy) is 1. The van der Waals surface area contributed by atoms with Gasteiger partial charge in [0.2, 0.25) is 5.43 Å². The summed E-state index contributed by atoms with van der Waals surface area (Å²) in [4.78, 5) is 32.4. The van der Waals surface area contributed by atoms with Crippen molar-refractivity contribution in [3.8, 4) is 5.75 Å². The first-order valence-electron chi connectivity index (χ1n) is 13.1. The van der Waals surface area contributed by atoms with Gasteiger partial charge in [-0.25, -0.2) is 4.39 Å². The lowest BCUT2D eigenvalue weighted by Crippen LogP contribution is -2.28. The van der Waals surface area contributed by atoms with E-state index in [1.807, 2.05) is 25.1 Å². The van der Waals surface area contributed by atoms with Crippen molar-refractivity contribution in [1.29, 1.82) is 0 Å². The van der Waals surface area contributed by atoms with Crippen LogP contribution in [0.4, 0.5) is 4.39 Å². The Kier molecular flexibility index (Phi) is 8.31. The molecule has 7 nitrogen and oxygen atoms in total. The third kappa shape index (κ3) is 5.23. The number of carbonyl (C=O) groups excluding carboxylic acids is 1. The van der Waals surface area contributed by atoms with Crippen molar-refractivity contribution in [2.75, 3.05) is 20.3 Å². The Bertz CT molecular complexity index is 1350. The molecule has 0 bridgehead atoms. The molecule has 2 aliphatic rings. The van der Waals surface area contributed by atoms with Crippen LogP contribution >= 0.6 is 0 Å². The summed E-state index contributed by atoms with van der Waals surface area (Å²) in [5, 5.41) is 11.0. The molecule has 0 spiro atoms. The van der Waals surface area contributed by atoms with E-state index in [9.17, 15) is 19.1 Å². The Morgan fingerprint density at radius 2 is 2.13 bits per heavy atom.